The van der Waals surface area contributed by atoms with Crippen LogP contribution in [0.3, 0.4) is 0 Å². The molecule has 24 heavy (non-hydrogen) atoms. The van der Waals surface area contributed by atoms with Crippen molar-refractivity contribution in [2.24, 2.45) is 5.16 Å². The Kier molecular flexibility index (Phi) is 6.35. The van der Waals surface area contributed by atoms with Crippen molar-refractivity contribution in [3.63, 3.8) is 0 Å². The van der Waals surface area contributed by atoms with Crippen molar-refractivity contribution in [3.05, 3.63) is 70.2 Å². The van der Waals surface area contributed by atoms with E-state index in [9.17, 15) is 9.90 Å². The number of ether oxygens (including phenoxy) is 1. The van der Waals surface area contributed by atoms with E-state index in [2.05, 4.69) is 5.16 Å². The number of nitrogens with zero attached hydrogens (tertiary/aromatic N) is 1. The van der Waals surface area contributed by atoms with Crippen LogP contribution >= 0.6 is 11.6 Å². The molecule has 0 fully saturated rings. The second kappa shape index (κ2) is 8.47. The van der Waals surface area contributed by atoms with E-state index in [0.29, 0.717) is 21.9 Å². The Morgan fingerprint density at radius 1 is 1.21 bits per heavy atom. The number of hydrogen-bond acceptors (Lipinski definition) is 5. The molecule has 0 amide bonds. The van der Waals surface area contributed by atoms with Gasteiger partial charge in [0.2, 0.25) is 0 Å². The number of carbonyl (C=O) groups is 1. The Hall–Kier alpha value is -2.37. The maximum atomic E-state index is 11.2. The van der Waals surface area contributed by atoms with Crippen LogP contribution in [0.5, 0.6) is 0 Å². The van der Waals surface area contributed by atoms with Gasteiger partial charge in [-0.1, -0.05) is 53.2 Å². The van der Waals surface area contributed by atoms with Crippen LogP contribution in [0.1, 0.15) is 29.7 Å². The summed E-state index contributed by atoms with van der Waals surface area (Å²) in [5, 5.41) is 15.9. The average molecular weight is 347 g/mol. The fourth-order valence-electron chi connectivity index (χ4n) is 2.21. The zero-order valence-electron chi connectivity index (χ0n) is 13.4. The first kappa shape index (κ1) is 18.0. The van der Waals surface area contributed by atoms with Gasteiger partial charge in [-0.05, 0) is 35.7 Å². The first-order chi connectivity index (χ1) is 11.5. The van der Waals surface area contributed by atoms with Gasteiger partial charge in [0, 0.05) is 12.1 Å². The van der Waals surface area contributed by atoms with Gasteiger partial charge in [-0.15, -0.1) is 0 Å². The van der Waals surface area contributed by atoms with E-state index in [1.54, 1.807) is 36.4 Å². The number of benzene rings is 2. The lowest BCUT2D eigenvalue weighted by Crippen LogP contribution is -2.31. The molecule has 0 spiro atoms. The number of hydrogen-bond donors (Lipinski definition) is 0. The number of aliphatic carboxylic acids is 1. The van der Waals surface area contributed by atoms with E-state index in [1.165, 1.54) is 7.11 Å². The van der Waals surface area contributed by atoms with Gasteiger partial charge in [0.1, 0.15) is 12.7 Å². The molecule has 2 aromatic rings. The maximum absolute atomic E-state index is 11.2. The predicted molar refractivity (Wildman–Crippen MR) is 89.7 cm³/mol. The summed E-state index contributed by atoms with van der Waals surface area (Å²) in [4.78, 5) is 16.5. The number of carbonyl (C=O) groups excluding carboxylic acids is 1. The summed E-state index contributed by atoms with van der Waals surface area (Å²) in [5.41, 5.74) is 2.73. The van der Waals surface area contributed by atoms with Gasteiger partial charge in [0.05, 0.1) is 11.7 Å². The van der Waals surface area contributed by atoms with Crippen LogP contribution < -0.4 is 5.11 Å². The van der Waals surface area contributed by atoms with Crippen molar-refractivity contribution < 1.29 is 19.5 Å². The van der Waals surface area contributed by atoms with E-state index in [0.717, 1.165) is 5.56 Å². The summed E-state index contributed by atoms with van der Waals surface area (Å²) < 4.78 is 4.98. The number of carboxylic acids is 1. The fraction of sp³-hybridized carbons (Fsp3) is 0.222. The van der Waals surface area contributed by atoms with Gasteiger partial charge in [0.15, 0.2) is 0 Å². The molecule has 6 heteroatoms. The highest BCUT2D eigenvalue weighted by Crippen LogP contribution is 2.21. The average Bonchev–Trinajstić information content (AvgIpc) is 2.57. The summed E-state index contributed by atoms with van der Waals surface area (Å²) in [6.45, 7) is 1.93. The second-order valence-electron chi connectivity index (χ2n) is 5.09. The lowest BCUT2D eigenvalue weighted by Gasteiger charge is -2.19. The Morgan fingerprint density at radius 2 is 1.88 bits per heavy atom. The third-order valence-corrected chi connectivity index (χ3v) is 3.72. The van der Waals surface area contributed by atoms with E-state index in [-0.39, 0.29) is 6.61 Å². The number of rotatable bonds is 7. The summed E-state index contributed by atoms with van der Waals surface area (Å²) in [6.07, 6.45) is -1.15. The standard InChI is InChI=1S/C18H18ClNO4/c1-12(13-7-9-15(19)10-8-13)20-24-11-14-5-3-4-6-16(14)17(23-2)18(21)22/h3-10,17H,11H2,1-2H3,(H,21,22)/p-1. The molecule has 0 saturated heterocycles. The van der Waals surface area contributed by atoms with Crippen molar-refractivity contribution >= 4 is 23.3 Å². The molecule has 5 nitrogen and oxygen atoms in total. The minimum atomic E-state index is -1.30. The molecule has 0 radical (unpaired) electrons. The van der Waals surface area contributed by atoms with Gasteiger partial charge in [0.25, 0.3) is 0 Å². The van der Waals surface area contributed by atoms with E-state index in [1.807, 2.05) is 19.1 Å². The number of oxime groups is 1. The first-order valence-corrected chi connectivity index (χ1v) is 7.64. The molecule has 0 aromatic heterocycles. The lowest BCUT2D eigenvalue weighted by atomic mass is 10.0. The number of carboxylic acid groups (broad SMARTS) is 1. The minimum absolute atomic E-state index is 0.119. The quantitative estimate of drug-likeness (QED) is 0.571. The summed E-state index contributed by atoms with van der Waals surface area (Å²) >= 11 is 5.85. The molecule has 126 valence electrons. The molecule has 2 rings (SSSR count). The summed E-state index contributed by atoms with van der Waals surface area (Å²) in [5.74, 6) is -1.30. The van der Waals surface area contributed by atoms with Crippen LogP contribution in [0, 0.1) is 0 Å². The molecule has 0 heterocycles. The van der Waals surface area contributed by atoms with E-state index < -0.39 is 12.1 Å². The molecule has 0 aliphatic carbocycles. The highest BCUT2D eigenvalue weighted by molar-refractivity contribution is 6.30. The third kappa shape index (κ3) is 4.57. The maximum Gasteiger partial charge on any atom is 0.142 e. The molecule has 0 aliphatic rings. The SMILES string of the molecule is COC(C(=O)[O-])c1ccccc1CON=C(C)c1ccc(Cl)cc1. The Morgan fingerprint density at radius 3 is 2.50 bits per heavy atom. The molecule has 0 N–H and O–H groups in total. The highest BCUT2D eigenvalue weighted by Gasteiger charge is 2.15. The highest BCUT2D eigenvalue weighted by atomic mass is 35.5. The topological polar surface area (TPSA) is 71.0 Å². The number of halogens is 1. The summed E-state index contributed by atoms with van der Waals surface area (Å²) in [7, 11) is 1.32. The molecular formula is C18H17ClNO4-. The van der Waals surface area contributed by atoms with Gasteiger partial charge in [-0.25, -0.2) is 0 Å². The third-order valence-electron chi connectivity index (χ3n) is 3.47. The van der Waals surface area contributed by atoms with Gasteiger partial charge < -0.3 is 19.5 Å². The van der Waals surface area contributed by atoms with E-state index >= 15 is 0 Å². The minimum Gasteiger partial charge on any atom is -0.547 e. The molecule has 0 aliphatic heterocycles. The second-order valence-corrected chi connectivity index (χ2v) is 5.53. The summed E-state index contributed by atoms with van der Waals surface area (Å²) in [6, 6.07) is 14.2. The molecule has 0 bridgehead atoms. The van der Waals surface area contributed by atoms with Gasteiger partial charge in [-0.3, -0.25) is 0 Å². The smallest absolute Gasteiger partial charge is 0.142 e. The molecular weight excluding hydrogens is 330 g/mol. The van der Waals surface area contributed by atoms with E-state index in [4.69, 9.17) is 21.2 Å². The van der Waals surface area contributed by atoms with Crippen LogP contribution in [0.25, 0.3) is 0 Å². The zero-order valence-corrected chi connectivity index (χ0v) is 14.1. The van der Waals surface area contributed by atoms with Crippen LogP contribution in [-0.4, -0.2) is 18.8 Å². The Bertz CT molecular complexity index is 728. The van der Waals surface area contributed by atoms with Crippen molar-refractivity contribution in [1.29, 1.82) is 0 Å². The Balaban J connectivity index is 2.10. The van der Waals surface area contributed by atoms with Crippen molar-refractivity contribution in [2.75, 3.05) is 7.11 Å². The lowest BCUT2D eigenvalue weighted by molar-refractivity contribution is -0.316. The van der Waals surface area contributed by atoms with Crippen LogP contribution in [0.15, 0.2) is 53.7 Å². The largest absolute Gasteiger partial charge is 0.547 e. The molecule has 0 saturated carbocycles. The molecule has 2 aromatic carbocycles. The molecule has 1 atom stereocenters. The van der Waals surface area contributed by atoms with Crippen LogP contribution in [-0.2, 0) is 21.0 Å². The predicted octanol–water partition coefficient (Wildman–Crippen LogP) is 2.72. The zero-order chi connectivity index (χ0) is 17.5. The monoisotopic (exact) mass is 346 g/mol. The van der Waals surface area contributed by atoms with Gasteiger partial charge >= 0.3 is 0 Å². The van der Waals surface area contributed by atoms with Crippen LogP contribution in [0.4, 0.5) is 0 Å². The van der Waals surface area contributed by atoms with Crippen LogP contribution in [0.2, 0.25) is 5.02 Å². The normalized spacial score (nSPS) is 12.7. The van der Waals surface area contributed by atoms with Crippen molar-refractivity contribution in [2.45, 2.75) is 19.6 Å². The number of methoxy groups -OCH3 is 1. The fourth-order valence-corrected chi connectivity index (χ4v) is 2.34. The van der Waals surface area contributed by atoms with Gasteiger partial charge in [-0.2, -0.15) is 0 Å². The molecule has 1 unspecified atom stereocenters. The van der Waals surface area contributed by atoms with Crippen molar-refractivity contribution in [3.8, 4) is 0 Å². The van der Waals surface area contributed by atoms with Crippen molar-refractivity contribution in [1.82, 2.24) is 0 Å². The first-order valence-electron chi connectivity index (χ1n) is 7.27. The Labute approximate surface area is 145 Å².